The first kappa shape index (κ1) is 7.03. The van der Waals surface area contributed by atoms with Gasteiger partial charge in [0, 0.05) is 6.42 Å². The van der Waals surface area contributed by atoms with E-state index in [1.165, 1.54) is 25.7 Å². The van der Waals surface area contributed by atoms with Crippen molar-refractivity contribution in [3.05, 3.63) is 0 Å². The summed E-state index contributed by atoms with van der Waals surface area (Å²) in [4.78, 5) is 0. The fourth-order valence-electron chi connectivity index (χ4n) is 1.54. The molecule has 1 aliphatic rings. The van der Waals surface area contributed by atoms with Crippen LogP contribution in [-0.2, 0) is 0 Å². The summed E-state index contributed by atoms with van der Waals surface area (Å²) in [5.41, 5.74) is 0. The van der Waals surface area contributed by atoms with Crippen molar-refractivity contribution in [3.63, 3.8) is 0 Å². The van der Waals surface area contributed by atoms with E-state index in [2.05, 4.69) is 0 Å². The monoisotopic (exact) mass is 130 g/mol. The van der Waals surface area contributed by atoms with Gasteiger partial charge >= 0.3 is 0 Å². The Hall–Kier alpha value is -0.0800. The Morgan fingerprint density at radius 3 is 2.22 bits per heavy atom. The summed E-state index contributed by atoms with van der Waals surface area (Å²) in [6.07, 6.45) is 4.44. The van der Waals surface area contributed by atoms with Crippen LogP contribution in [0.4, 0.5) is 0 Å². The van der Waals surface area contributed by atoms with Crippen LogP contribution in [0.1, 0.15) is 32.1 Å². The van der Waals surface area contributed by atoms with Gasteiger partial charge in [-0.1, -0.05) is 25.7 Å². The molecule has 1 saturated carbocycles. The molecule has 1 rings (SSSR count). The van der Waals surface area contributed by atoms with Crippen LogP contribution in [0.5, 0.6) is 0 Å². The highest BCUT2D eigenvalue weighted by Crippen LogP contribution is 2.27. The Morgan fingerprint density at radius 2 is 1.78 bits per heavy atom. The second-order valence-corrected chi connectivity index (χ2v) is 2.87. The van der Waals surface area contributed by atoms with E-state index < -0.39 is 6.29 Å². The standard InChI is InChI=1S/C7H14O2/c8-7(9)5-6-3-1-2-4-6/h6-9H,1-5H2. The molecular weight excluding hydrogens is 116 g/mol. The second-order valence-electron chi connectivity index (χ2n) is 2.87. The Balaban J connectivity index is 2.11. The molecule has 54 valence electrons. The van der Waals surface area contributed by atoms with Gasteiger partial charge in [0.2, 0.25) is 0 Å². The molecular formula is C7H14O2. The smallest absolute Gasteiger partial charge is 0.151 e. The Labute approximate surface area is 55.5 Å². The minimum atomic E-state index is -1.08. The third-order valence-corrected chi connectivity index (χ3v) is 2.02. The minimum absolute atomic E-state index is 0.583. The lowest BCUT2D eigenvalue weighted by Crippen LogP contribution is -2.09. The van der Waals surface area contributed by atoms with E-state index >= 15 is 0 Å². The zero-order valence-corrected chi connectivity index (χ0v) is 5.58. The lowest BCUT2D eigenvalue weighted by Gasteiger charge is -2.08. The van der Waals surface area contributed by atoms with Gasteiger partial charge in [0.05, 0.1) is 0 Å². The fourth-order valence-corrected chi connectivity index (χ4v) is 1.54. The maximum atomic E-state index is 8.57. The molecule has 9 heavy (non-hydrogen) atoms. The number of rotatable bonds is 2. The first-order valence-electron chi connectivity index (χ1n) is 3.65. The van der Waals surface area contributed by atoms with E-state index in [1.807, 2.05) is 0 Å². The Morgan fingerprint density at radius 1 is 1.22 bits per heavy atom. The molecule has 0 unspecified atom stereocenters. The highest BCUT2D eigenvalue weighted by molar-refractivity contribution is 4.67. The predicted molar refractivity (Wildman–Crippen MR) is 34.8 cm³/mol. The first-order chi connectivity index (χ1) is 4.29. The van der Waals surface area contributed by atoms with Crippen LogP contribution < -0.4 is 0 Å². The van der Waals surface area contributed by atoms with Gasteiger partial charge in [-0.15, -0.1) is 0 Å². The molecule has 0 amide bonds. The van der Waals surface area contributed by atoms with Crippen molar-refractivity contribution in [2.24, 2.45) is 5.92 Å². The van der Waals surface area contributed by atoms with E-state index in [1.54, 1.807) is 0 Å². The highest BCUT2D eigenvalue weighted by atomic mass is 16.5. The number of aliphatic hydroxyl groups excluding tert-OH is 1. The lowest BCUT2D eigenvalue weighted by atomic mass is 10.0. The summed E-state index contributed by atoms with van der Waals surface area (Å²) in [6, 6.07) is 0. The Kier molecular flexibility index (Phi) is 2.49. The average Bonchev–Trinajstić information content (AvgIpc) is 2.15. The zero-order valence-electron chi connectivity index (χ0n) is 5.58. The van der Waals surface area contributed by atoms with Crippen molar-refractivity contribution in [1.29, 1.82) is 0 Å². The summed E-state index contributed by atoms with van der Waals surface area (Å²) < 4.78 is 0. The lowest BCUT2D eigenvalue weighted by molar-refractivity contribution is -0.0553. The van der Waals surface area contributed by atoms with Crippen LogP contribution in [0.3, 0.4) is 0 Å². The van der Waals surface area contributed by atoms with Crippen molar-refractivity contribution < 1.29 is 10.2 Å². The molecule has 0 bridgehead atoms. The molecule has 0 aliphatic heterocycles. The van der Waals surface area contributed by atoms with Crippen molar-refractivity contribution in [3.8, 4) is 0 Å². The molecule has 1 aliphatic carbocycles. The van der Waals surface area contributed by atoms with E-state index in [4.69, 9.17) is 10.2 Å². The van der Waals surface area contributed by atoms with Crippen molar-refractivity contribution in [2.75, 3.05) is 0 Å². The topological polar surface area (TPSA) is 40.5 Å². The third kappa shape index (κ3) is 2.33. The van der Waals surface area contributed by atoms with Gasteiger partial charge in [0.15, 0.2) is 6.29 Å². The van der Waals surface area contributed by atoms with Gasteiger partial charge in [-0.05, 0) is 5.92 Å². The molecule has 0 aromatic rings. The highest BCUT2D eigenvalue weighted by Gasteiger charge is 2.16. The van der Waals surface area contributed by atoms with Crippen molar-refractivity contribution in [1.82, 2.24) is 0 Å². The van der Waals surface area contributed by atoms with Crippen LogP contribution in [0.25, 0.3) is 0 Å². The van der Waals surface area contributed by atoms with Crippen LogP contribution in [0.2, 0.25) is 0 Å². The first-order valence-corrected chi connectivity index (χ1v) is 3.65. The van der Waals surface area contributed by atoms with Gasteiger partial charge in [-0.2, -0.15) is 0 Å². The van der Waals surface area contributed by atoms with Gasteiger partial charge in [0.25, 0.3) is 0 Å². The van der Waals surface area contributed by atoms with Crippen molar-refractivity contribution in [2.45, 2.75) is 38.4 Å². The van der Waals surface area contributed by atoms with Crippen LogP contribution in [0, 0.1) is 5.92 Å². The molecule has 0 spiro atoms. The molecule has 0 aromatic heterocycles. The molecule has 0 aromatic carbocycles. The zero-order chi connectivity index (χ0) is 6.69. The summed E-state index contributed by atoms with van der Waals surface area (Å²) in [5.74, 6) is 0.588. The van der Waals surface area contributed by atoms with Gasteiger partial charge in [-0.25, -0.2) is 0 Å². The summed E-state index contributed by atoms with van der Waals surface area (Å²) in [5, 5.41) is 17.1. The van der Waals surface area contributed by atoms with E-state index in [-0.39, 0.29) is 0 Å². The predicted octanol–water partition coefficient (Wildman–Crippen LogP) is 0.877. The molecule has 2 heteroatoms. The summed E-state index contributed by atoms with van der Waals surface area (Å²) >= 11 is 0. The van der Waals surface area contributed by atoms with Gasteiger partial charge in [-0.3, -0.25) is 0 Å². The second kappa shape index (κ2) is 3.18. The number of hydrogen-bond acceptors (Lipinski definition) is 2. The number of aliphatic hydroxyl groups is 2. The van der Waals surface area contributed by atoms with E-state index in [9.17, 15) is 0 Å². The van der Waals surface area contributed by atoms with Crippen molar-refractivity contribution >= 4 is 0 Å². The third-order valence-electron chi connectivity index (χ3n) is 2.02. The van der Waals surface area contributed by atoms with Gasteiger partial charge < -0.3 is 10.2 Å². The largest absolute Gasteiger partial charge is 0.368 e. The molecule has 0 radical (unpaired) electrons. The fraction of sp³-hybridized carbons (Fsp3) is 1.00. The molecule has 0 atom stereocenters. The molecule has 2 N–H and O–H groups in total. The minimum Gasteiger partial charge on any atom is -0.368 e. The summed E-state index contributed by atoms with van der Waals surface area (Å²) in [7, 11) is 0. The average molecular weight is 130 g/mol. The molecule has 0 saturated heterocycles. The normalized spacial score (nSPS) is 21.7. The van der Waals surface area contributed by atoms with E-state index in [0.717, 1.165) is 0 Å². The quantitative estimate of drug-likeness (QED) is 0.545. The van der Waals surface area contributed by atoms with E-state index in [0.29, 0.717) is 12.3 Å². The summed E-state index contributed by atoms with van der Waals surface area (Å²) in [6.45, 7) is 0. The van der Waals surface area contributed by atoms with Gasteiger partial charge in [0.1, 0.15) is 0 Å². The molecule has 1 fully saturated rings. The molecule has 2 nitrogen and oxygen atoms in total. The van der Waals surface area contributed by atoms with Crippen LogP contribution in [0.15, 0.2) is 0 Å². The maximum absolute atomic E-state index is 8.57. The maximum Gasteiger partial charge on any atom is 0.151 e. The Bertz CT molecular complexity index is 75.0. The SMILES string of the molecule is OC(O)CC1CCCC1. The van der Waals surface area contributed by atoms with Crippen LogP contribution >= 0.6 is 0 Å². The van der Waals surface area contributed by atoms with Crippen LogP contribution in [-0.4, -0.2) is 16.5 Å². The number of hydrogen-bond donors (Lipinski definition) is 2. The molecule has 0 heterocycles.